The molecule has 126 valence electrons. The molecule has 1 aromatic carbocycles. The monoisotopic (exact) mass is 377 g/mol. The van der Waals surface area contributed by atoms with Crippen LogP contribution in [0.25, 0.3) is 0 Å². The van der Waals surface area contributed by atoms with E-state index in [1.807, 2.05) is 0 Å². The number of aromatic nitrogens is 2. The van der Waals surface area contributed by atoms with Gasteiger partial charge in [-0.05, 0) is 24.1 Å². The number of hydrogen-bond acceptors (Lipinski definition) is 7. The molecule has 0 spiro atoms. The van der Waals surface area contributed by atoms with Gasteiger partial charge in [0.2, 0.25) is 5.13 Å². The minimum absolute atomic E-state index is 0.0211. The zero-order valence-corrected chi connectivity index (χ0v) is 15.2. The highest BCUT2D eigenvalue weighted by Crippen LogP contribution is 2.29. The highest BCUT2D eigenvalue weighted by atomic mass is 32.2. The van der Waals surface area contributed by atoms with Gasteiger partial charge in [-0.2, -0.15) is 0 Å². The van der Waals surface area contributed by atoms with Crippen LogP contribution in [0.15, 0.2) is 27.4 Å². The smallest absolute Gasteiger partial charge is 0.263 e. The highest BCUT2D eigenvalue weighted by Gasteiger charge is 2.19. The number of sulfonamides is 1. The molecule has 0 aliphatic carbocycles. The van der Waals surface area contributed by atoms with Crippen molar-refractivity contribution in [1.29, 1.82) is 0 Å². The summed E-state index contributed by atoms with van der Waals surface area (Å²) in [4.78, 5) is -0.206. The van der Waals surface area contributed by atoms with Crippen LogP contribution in [0.1, 0.15) is 13.8 Å². The fourth-order valence-electron chi connectivity index (χ4n) is 1.54. The normalized spacial score (nSPS) is 11.7. The zero-order valence-electron chi connectivity index (χ0n) is 12.7. The molecule has 0 aliphatic heterocycles. The van der Waals surface area contributed by atoms with E-state index in [-0.39, 0.29) is 15.8 Å². The van der Waals surface area contributed by atoms with E-state index in [0.29, 0.717) is 10.3 Å². The van der Waals surface area contributed by atoms with Gasteiger partial charge in [-0.25, -0.2) is 12.8 Å². The largest absolute Gasteiger partial charge is 0.494 e. The first-order chi connectivity index (χ1) is 10.8. The van der Waals surface area contributed by atoms with Crippen LogP contribution in [0.2, 0.25) is 0 Å². The van der Waals surface area contributed by atoms with E-state index in [1.54, 1.807) is 0 Å². The summed E-state index contributed by atoms with van der Waals surface area (Å²) in [5, 5.41) is 7.87. The Morgan fingerprint density at radius 1 is 1.39 bits per heavy atom. The number of benzene rings is 1. The van der Waals surface area contributed by atoms with Gasteiger partial charge < -0.3 is 4.74 Å². The topological polar surface area (TPSA) is 81.2 Å². The quantitative estimate of drug-likeness (QED) is 0.746. The lowest BCUT2D eigenvalue weighted by atomic mass is 10.3. The second-order valence-corrected chi connectivity index (χ2v) is 8.91. The first-order valence-electron chi connectivity index (χ1n) is 6.64. The van der Waals surface area contributed by atoms with E-state index >= 15 is 0 Å². The Balaban J connectivity index is 2.13. The fraction of sp³-hybridized carbons (Fsp3) is 0.385. The van der Waals surface area contributed by atoms with Crippen LogP contribution < -0.4 is 9.46 Å². The van der Waals surface area contributed by atoms with Crippen LogP contribution in [0.3, 0.4) is 0 Å². The van der Waals surface area contributed by atoms with Crippen molar-refractivity contribution in [3.05, 3.63) is 24.0 Å². The molecule has 1 N–H and O–H groups in total. The molecular weight excluding hydrogens is 361 g/mol. The molecule has 2 rings (SSSR count). The second kappa shape index (κ2) is 7.45. The van der Waals surface area contributed by atoms with Crippen LogP contribution in [0, 0.1) is 11.7 Å². The van der Waals surface area contributed by atoms with Crippen LogP contribution in [0.4, 0.5) is 9.52 Å². The van der Waals surface area contributed by atoms with Crippen LogP contribution in [0.5, 0.6) is 5.75 Å². The summed E-state index contributed by atoms with van der Waals surface area (Å²) in [5.41, 5.74) is 0. The number of anilines is 1. The number of nitrogens with one attached hydrogen (secondary N) is 1. The second-order valence-electron chi connectivity index (χ2n) is 4.98. The Kier molecular flexibility index (Phi) is 5.82. The molecule has 2 aromatic rings. The van der Waals surface area contributed by atoms with Gasteiger partial charge in [0.05, 0.1) is 12.0 Å². The Morgan fingerprint density at radius 3 is 2.74 bits per heavy atom. The van der Waals surface area contributed by atoms with Gasteiger partial charge in [0, 0.05) is 5.75 Å². The maximum Gasteiger partial charge on any atom is 0.263 e. The van der Waals surface area contributed by atoms with Crippen molar-refractivity contribution in [3.8, 4) is 5.75 Å². The molecule has 0 saturated carbocycles. The molecule has 0 unspecified atom stereocenters. The highest BCUT2D eigenvalue weighted by molar-refractivity contribution is 8.01. The molecule has 1 heterocycles. The third kappa shape index (κ3) is 4.79. The van der Waals surface area contributed by atoms with Gasteiger partial charge in [0.1, 0.15) is 0 Å². The lowest BCUT2D eigenvalue weighted by Gasteiger charge is -2.06. The lowest BCUT2D eigenvalue weighted by Crippen LogP contribution is -2.13. The van der Waals surface area contributed by atoms with Crippen molar-refractivity contribution in [2.75, 3.05) is 17.6 Å². The van der Waals surface area contributed by atoms with Gasteiger partial charge in [-0.3, -0.25) is 4.72 Å². The fourth-order valence-corrected chi connectivity index (χ4v) is 4.51. The third-order valence-corrected chi connectivity index (χ3v) is 6.47. The summed E-state index contributed by atoms with van der Waals surface area (Å²) in [5.74, 6) is 0.588. The van der Waals surface area contributed by atoms with Crippen molar-refractivity contribution in [1.82, 2.24) is 10.2 Å². The number of methoxy groups -OCH3 is 1. The molecule has 1 aromatic heterocycles. The summed E-state index contributed by atoms with van der Waals surface area (Å²) in [6.45, 7) is 4.16. The predicted molar refractivity (Wildman–Crippen MR) is 89.2 cm³/mol. The van der Waals surface area contributed by atoms with Crippen LogP contribution in [-0.4, -0.2) is 31.5 Å². The van der Waals surface area contributed by atoms with E-state index in [4.69, 9.17) is 4.74 Å². The number of halogens is 1. The molecule has 0 fully saturated rings. The molecule has 0 amide bonds. The molecule has 23 heavy (non-hydrogen) atoms. The summed E-state index contributed by atoms with van der Waals surface area (Å²) in [6.07, 6.45) is 0. The third-order valence-electron chi connectivity index (χ3n) is 2.60. The number of rotatable bonds is 7. The standard InChI is InChI=1S/C13H16FN3O3S3/c1-8(2)7-21-13-16-15-12(22-13)17-23(18,19)9-4-5-11(20-3)10(14)6-9/h4-6,8H,7H2,1-3H3,(H,15,17). The first kappa shape index (κ1) is 18.0. The first-order valence-corrected chi connectivity index (χ1v) is 9.93. The number of thioether (sulfide) groups is 1. The maximum absolute atomic E-state index is 13.7. The maximum atomic E-state index is 13.7. The Bertz CT molecular complexity index is 778. The molecule has 0 atom stereocenters. The molecule has 0 radical (unpaired) electrons. The molecule has 0 saturated heterocycles. The lowest BCUT2D eigenvalue weighted by molar-refractivity contribution is 0.385. The average molecular weight is 377 g/mol. The average Bonchev–Trinajstić information content (AvgIpc) is 2.91. The molecular formula is C13H16FN3O3S3. The van der Waals surface area contributed by atoms with E-state index in [1.165, 1.54) is 31.0 Å². The SMILES string of the molecule is COc1ccc(S(=O)(=O)Nc2nnc(SCC(C)C)s2)cc1F. The van der Waals surface area contributed by atoms with E-state index in [0.717, 1.165) is 23.2 Å². The Morgan fingerprint density at radius 2 is 2.13 bits per heavy atom. The van der Waals surface area contributed by atoms with Crippen molar-refractivity contribution in [2.24, 2.45) is 5.92 Å². The summed E-state index contributed by atoms with van der Waals surface area (Å²) < 4.78 is 45.9. The molecule has 0 bridgehead atoms. The van der Waals surface area contributed by atoms with Gasteiger partial charge in [0.15, 0.2) is 15.9 Å². The van der Waals surface area contributed by atoms with Crippen molar-refractivity contribution < 1.29 is 17.5 Å². The van der Waals surface area contributed by atoms with Crippen molar-refractivity contribution in [2.45, 2.75) is 23.1 Å². The molecule has 0 aliphatic rings. The van der Waals surface area contributed by atoms with Crippen molar-refractivity contribution in [3.63, 3.8) is 0 Å². The Hall–Kier alpha value is -1.39. The number of hydrogen-bond donors (Lipinski definition) is 1. The molecule has 10 heteroatoms. The summed E-state index contributed by atoms with van der Waals surface area (Å²) >= 11 is 2.65. The van der Waals surface area contributed by atoms with E-state index < -0.39 is 15.8 Å². The number of nitrogens with zero attached hydrogens (tertiary/aromatic N) is 2. The minimum Gasteiger partial charge on any atom is -0.494 e. The molecule has 6 nitrogen and oxygen atoms in total. The Labute approximate surface area is 142 Å². The van der Waals surface area contributed by atoms with E-state index in [9.17, 15) is 12.8 Å². The summed E-state index contributed by atoms with van der Waals surface area (Å²) in [7, 11) is -2.62. The van der Waals surface area contributed by atoms with Gasteiger partial charge >= 0.3 is 0 Å². The van der Waals surface area contributed by atoms with Gasteiger partial charge in [-0.1, -0.05) is 36.9 Å². The zero-order chi connectivity index (χ0) is 17.0. The number of ether oxygens (including phenoxy) is 1. The van der Waals surface area contributed by atoms with Gasteiger partial charge in [0.25, 0.3) is 10.0 Å². The minimum atomic E-state index is -3.93. The predicted octanol–water partition coefficient (Wildman–Crippen LogP) is 3.23. The summed E-state index contributed by atoms with van der Waals surface area (Å²) in [6, 6.07) is 3.42. The van der Waals surface area contributed by atoms with Crippen LogP contribution >= 0.6 is 23.1 Å². The van der Waals surface area contributed by atoms with Gasteiger partial charge in [-0.15, -0.1) is 10.2 Å². The van der Waals surface area contributed by atoms with Crippen molar-refractivity contribution >= 4 is 38.3 Å². The van der Waals surface area contributed by atoms with Crippen LogP contribution in [-0.2, 0) is 10.0 Å². The van der Waals surface area contributed by atoms with E-state index in [2.05, 4.69) is 28.8 Å².